The lowest BCUT2D eigenvalue weighted by Gasteiger charge is -2.13. The van der Waals surface area contributed by atoms with E-state index in [9.17, 15) is 31.2 Å². The Morgan fingerprint density at radius 1 is 1.17 bits per heavy atom. The second kappa shape index (κ2) is 8.96. The van der Waals surface area contributed by atoms with Gasteiger partial charge in [0.25, 0.3) is 5.91 Å². The molecule has 13 heteroatoms. The Labute approximate surface area is 163 Å². The number of rotatable bonds is 7. The molecule has 0 aliphatic carbocycles. The first kappa shape index (κ1) is 22.2. The molecule has 1 atom stereocenters. The Morgan fingerprint density at radius 3 is 2.45 bits per heavy atom. The van der Waals surface area contributed by atoms with Crippen LogP contribution in [0.4, 0.5) is 19.1 Å². The molecule has 1 aromatic carbocycles. The van der Waals surface area contributed by atoms with Crippen molar-refractivity contribution in [2.24, 2.45) is 0 Å². The fraction of sp³-hybridized carbons (Fsp3) is 0.250. The first-order valence-electron chi connectivity index (χ1n) is 7.93. The summed E-state index contributed by atoms with van der Waals surface area (Å²) < 4.78 is 68.9. The Bertz CT molecular complexity index is 984. The number of nitrogens with one attached hydrogen (secondary N) is 2. The standard InChI is InChI=1S/C16H15F3N4O5S/c1-10(14(25)23-15-20-6-3-7-21-15)28-13(24)9-22-29(26,27)12-5-2-4-11(8-12)16(17,18)19/h2-8,10,22H,9H2,1H3,(H,20,21,23,25). The van der Waals surface area contributed by atoms with E-state index in [1.807, 2.05) is 4.72 Å². The van der Waals surface area contributed by atoms with Crippen LogP contribution in [0.15, 0.2) is 47.6 Å². The minimum Gasteiger partial charge on any atom is -0.452 e. The zero-order valence-corrected chi connectivity index (χ0v) is 15.6. The molecule has 2 N–H and O–H groups in total. The van der Waals surface area contributed by atoms with Crippen LogP contribution in [0.5, 0.6) is 0 Å². The fourth-order valence-electron chi connectivity index (χ4n) is 1.94. The maximum atomic E-state index is 12.7. The minimum absolute atomic E-state index is 0.0225. The second-order valence-electron chi connectivity index (χ2n) is 5.54. The molecule has 1 unspecified atom stereocenters. The lowest BCUT2D eigenvalue weighted by molar-refractivity contribution is -0.151. The minimum atomic E-state index is -4.73. The van der Waals surface area contributed by atoms with Gasteiger partial charge >= 0.3 is 12.1 Å². The molecule has 9 nitrogen and oxygen atoms in total. The first-order chi connectivity index (χ1) is 13.5. The van der Waals surface area contributed by atoms with E-state index >= 15 is 0 Å². The van der Waals surface area contributed by atoms with E-state index in [0.717, 1.165) is 12.1 Å². The highest BCUT2D eigenvalue weighted by Gasteiger charge is 2.31. The molecule has 2 rings (SSSR count). The molecule has 0 aliphatic heterocycles. The first-order valence-corrected chi connectivity index (χ1v) is 9.41. The van der Waals surface area contributed by atoms with E-state index in [-0.39, 0.29) is 5.95 Å². The average Bonchev–Trinajstić information content (AvgIpc) is 2.66. The van der Waals surface area contributed by atoms with Gasteiger partial charge in [-0.25, -0.2) is 18.4 Å². The Kier molecular flexibility index (Phi) is 6.87. The van der Waals surface area contributed by atoms with E-state index in [4.69, 9.17) is 4.74 Å². The smallest absolute Gasteiger partial charge is 0.416 e. The number of anilines is 1. The maximum Gasteiger partial charge on any atom is 0.416 e. The maximum absolute atomic E-state index is 12.7. The lowest BCUT2D eigenvalue weighted by atomic mass is 10.2. The summed E-state index contributed by atoms with van der Waals surface area (Å²) in [6.07, 6.45) is -3.27. The van der Waals surface area contributed by atoms with E-state index < -0.39 is 51.2 Å². The largest absolute Gasteiger partial charge is 0.452 e. The third-order valence-electron chi connectivity index (χ3n) is 3.36. The summed E-state index contributed by atoms with van der Waals surface area (Å²) >= 11 is 0. The number of sulfonamides is 1. The van der Waals surface area contributed by atoms with Gasteiger partial charge in [0, 0.05) is 12.4 Å². The Hall–Kier alpha value is -3.06. The van der Waals surface area contributed by atoms with Crippen molar-refractivity contribution in [2.75, 3.05) is 11.9 Å². The lowest BCUT2D eigenvalue weighted by Crippen LogP contribution is -2.36. The van der Waals surface area contributed by atoms with Gasteiger partial charge in [-0.05, 0) is 31.2 Å². The summed E-state index contributed by atoms with van der Waals surface area (Å²) in [7, 11) is -4.41. The molecule has 29 heavy (non-hydrogen) atoms. The molecular weight excluding hydrogens is 417 g/mol. The Balaban J connectivity index is 1.93. The van der Waals surface area contributed by atoms with E-state index in [1.165, 1.54) is 25.4 Å². The number of halogens is 3. The van der Waals surface area contributed by atoms with E-state index in [1.54, 1.807) is 0 Å². The van der Waals surface area contributed by atoms with Gasteiger partial charge < -0.3 is 4.74 Å². The Morgan fingerprint density at radius 2 is 1.83 bits per heavy atom. The third kappa shape index (κ3) is 6.50. The fourth-order valence-corrected chi connectivity index (χ4v) is 2.96. The number of aromatic nitrogens is 2. The van der Waals surface area contributed by atoms with E-state index in [2.05, 4.69) is 15.3 Å². The number of hydrogen-bond donors (Lipinski definition) is 2. The highest BCUT2D eigenvalue weighted by atomic mass is 32.2. The zero-order chi connectivity index (χ0) is 21.7. The molecule has 1 heterocycles. The van der Waals surface area contributed by atoms with Gasteiger partial charge in [0.15, 0.2) is 6.10 Å². The molecule has 1 amide bonds. The predicted octanol–water partition coefficient (Wildman–Crippen LogP) is 1.34. The van der Waals surface area contributed by atoms with Crippen LogP contribution in [0.25, 0.3) is 0 Å². The molecular formula is C16H15F3N4O5S. The summed E-state index contributed by atoms with van der Waals surface area (Å²) in [6.45, 7) is 0.343. The second-order valence-corrected chi connectivity index (χ2v) is 7.31. The van der Waals surface area contributed by atoms with Crippen molar-refractivity contribution in [1.82, 2.24) is 14.7 Å². The van der Waals surface area contributed by atoms with Gasteiger partial charge in [0.05, 0.1) is 10.5 Å². The summed E-state index contributed by atoms with van der Waals surface area (Å²) in [4.78, 5) is 30.5. The van der Waals surface area contributed by atoms with Crippen molar-refractivity contribution in [1.29, 1.82) is 0 Å². The van der Waals surface area contributed by atoms with Gasteiger partial charge in [0.2, 0.25) is 16.0 Å². The summed E-state index contributed by atoms with van der Waals surface area (Å²) in [5, 5.41) is 2.28. The van der Waals surface area contributed by atoms with Crippen LogP contribution in [0.3, 0.4) is 0 Å². The summed E-state index contributed by atoms with van der Waals surface area (Å²) in [6, 6.07) is 4.54. The van der Waals surface area contributed by atoms with Gasteiger partial charge in [-0.2, -0.15) is 17.9 Å². The van der Waals surface area contributed by atoms with Crippen molar-refractivity contribution >= 4 is 27.8 Å². The number of nitrogens with zero attached hydrogens (tertiary/aromatic N) is 2. The molecule has 1 aromatic heterocycles. The number of alkyl halides is 3. The molecule has 0 saturated carbocycles. The van der Waals surface area contributed by atoms with Crippen molar-refractivity contribution in [3.05, 3.63) is 48.3 Å². The number of amides is 1. The average molecular weight is 432 g/mol. The molecule has 0 spiro atoms. The van der Waals surface area contributed by atoms with Gasteiger partial charge in [-0.3, -0.25) is 14.9 Å². The number of ether oxygens (including phenoxy) is 1. The number of carbonyl (C=O) groups is 2. The molecule has 2 aromatic rings. The number of carbonyl (C=O) groups excluding carboxylic acids is 2. The van der Waals surface area contributed by atoms with Crippen molar-refractivity contribution in [2.45, 2.75) is 24.1 Å². The highest BCUT2D eigenvalue weighted by Crippen LogP contribution is 2.30. The molecule has 156 valence electrons. The molecule has 0 fully saturated rings. The normalized spacial score (nSPS) is 12.8. The van der Waals surface area contributed by atoms with Crippen LogP contribution in [0, 0.1) is 0 Å². The van der Waals surface area contributed by atoms with Crippen LogP contribution in [0.2, 0.25) is 0 Å². The molecule has 0 radical (unpaired) electrons. The van der Waals surface area contributed by atoms with Crippen LogP contribution in [-0.2, 0) is 30.5 Å². The topological polar surface area (TPSA) is 127 Å². The summed E-state index contributed by atoms with van der Waals surface area (Å²) in [5.41, 5.74) is -1.16. The predicted molar refractivity (Wildman–Crippen MR) is 92.8 cm³/mol. The third-order valence-corrected chi connectivity index (χ3v) is 4.76. The number of benzene rings is 1. The van der Waals surface area contributed by atoms with Crippen molar-refractivity contribution < 1.29 is 35.9 Å². The van der Waals surface area contributed by atoms with Crippen LogP contribution in [0.1, 0.15) is 12.5 Å². The van der Waals surface area contributed by atoms with Crippen LogP contribution < -0.4 is 10.0 Å². The quantitative estimate of drug-likeness (QED) is 0.632. The zero-order valence-electron chi connectivity index (χ0n) is 14.8. The molecule has 0 aliphatic rings. The molecule has 0 bridgehead atoms. The summed E-state index contributed by atoms with van der Waals surface area (Å²) in [5.74, 6) is -1.90. The SMILES string of the molecule is CC(OC(=O)CNS(=O)(=O)c1cccc(C(F)(F)F)c1)C(=O)Nc1ncccn1. The molecule has 0 saturated heterocycles. The number of esters is 1. The highest BCUT2D eigenvalue weighted by molar-refractivity contribution is 7.89. The van der Waals surface area contributed by atoms with E-state index in [0.29, 0.717) is 12.1 Å². The van der Waals surface area contributed by atoms with Crippen LogP contribution in [-0.4, -0.2) is 42.9 Å². The van der Waals surface area contributed by atoms with Crippen molar-refractivity contribution in [3.8, 4) is 0 Å². The van der Waals surface area contributed by atoms with Crippen LogP contribution >= 0.6 is 0 Å². The van der Waals surface area contributed by atoms with Gasteiger partial charge in [-0.15, -0.1) is 0 Å². The van der Waals surface area contributed by atoms with Crippen molar-refractivity contribution in [3.63, 3.8) is 0 Å². The number of hydrogen-bond acceptors (Lipinski definition) is 7. The van der Waals surface area contributed by atoms with Gasteiger partial charge in [0.1, 0.15) is 6.54 Å². The van der Waals surface area contributed by atoms with Gasteiger partial charge in [-0.1, -0.05) is 6.07 Å². The monoisotopic (exact) mass is 432 g/mol.